The second-order valence-electron chi connectivity index (χ2n) is 4.67. The van der Waals surface area contributed by atoms with Crippen molar-refractivity contribution in [3.63, 3.8) is 0 Å². The normalized spacial score (nSPS) is 10.5. The third kappa shape index (κ3) is 5.26. The summed E-state index contributed by atoms with van der Waals surface area (Å²) in [5, 5.41) is 2.53. The topological polar surface area (TPSA) is 84.9 Å². The lowest BCUT2D eigenvalue weighted by atomic mass is 10.3. The molecule has 0 atom stereocenters. The highest BCUT2D eigenvalue weighted by atomic mass is 79.9. The number of hydrogen-bond acceptors (Lipinski definition) is 5. The molecule has 7 nitrogen and oxygen atoms in total. The van der Waals surface area contributed by atoms with Crippen LogP contribution in [0.4, 0.5) is 0 Å². The average Bonchev–Trinajstić information content (AvgIpc) is 3.20. The lowest BCUT2D eigenvalue weighted by Crippen LogP contribution is -2.41. The molecule has 124 valence electrons. The summed E-state index contributed by atoms with van der Waals surface area (Å²) < 4.78 is 15.8. The third-order valence-electron chi connectivity index (χ3n) is 3.04. The first-order valence-electron chi connectivity index (χ1n) is 6.92. The fraction of sp³-hybridized carbons (Fsp3) is 0.333. The van der Waals surface area contributed by atoms with E-state index in [0.29, 0.717) is 30.1 Å². The Hall–Kier alpha value is -2.06. The Bertz CT molecular complexity index is 638. The SMILES string of the molecule is COCCN(Cc1ccco1)C(=O)CNC(=O)c1ccc(Br)o1. The van der Waals surface area contributed by atoms with Crippen molar-refractivity contribution in [2.45, 2.75) is 6.54 Å². The number of rotatable bonds is 8. The lowest BCUT2D eigenvalue weighted by molar-refractivity contribution is -0.131. The molecule has 0 saturated heterocycles. The van der Waals surface area contributed by atoms with Crippen LogP contribution in [0.1, 0.15) is 16.3 Å². The number of methoxy groups -OCH3 is 1. The lowest BCUT2D eigenvalue weighted by Gasteiger charge is -2.21. The van der Waals surface area contributed by atoms with E-state index in [-0.39, 0.29) is 18.2 Å². The van der Waals surface area contributed by atoms with E-state index >= 15 is 0 Å². The van der Waals surface area contributed by atoms with E-state index in [1.54, 1.807) is 36.5 Å². The van der Waals surface area contributed by atoms with Crippen LogP contribution < -0.4 is 5.32 Å². The largest absolute Gasteiger partial charge is 0.467 e. The van der Waals surface area contributed by atoms with Crippen molar-refractivity contribution in [2.75, 3.05) is 26.8 Å². The van der Waals surface area contributed by atoms with Gasteiger partial charge in [0.2, 0.25) is 5.91 Å². The highest BCUT2D eigenvalue weighted by molar-refractivity contribution is 9.10. The van der Waals surface area contributed by atoms with Crippen molar-refractivity contribution < 1.29 is 23.2 Å². The van der Waals surface area contributed by atoms with Gasteiger partial charge in [-0.15, -0.1) is 0 Å². The summed E-state index contributed by atoms with van der Waals surface area (Å²) in [6.45, 7) is 0.975. The van der Waals surface area contributed by atoms with Crippen LogP contribution in [0.5, 0.6) is 0 Å². The van der Waals surface area contributed by atoms with E-state index in [1.165, 1.54) is 6.07 Å². The predicted octanol–water partition coefficient (Wildman–Crippen LogP) is 2.04. The van der Waals surface area contributed by atoms with Gasteiger partial charge in [0.15, 0.2) is 10.4 Å². The highest BCUT2D eigenvalue weighted by Crippen LogP contribution is 2.13. The molecular weight excluding hydrogens is 368 g/mol. The minimum atomic E-state index is -0.450. The molecule has 2 aromatic rings. The third-order valence-corrected chi connectivity index (χ3v) is 3.47. The maximum atomic E-state index is 12.3. The van der Waals surface area contributed by atoms with Crippen molar-refractivity contribution >= 4 is 27.7 Å². The van der Waals surface area contributed by atoms with E-state index in [9.17, 15) is 9.59 Å². The van der Waals surface area contributed by atoms with Gasteiger partial charge in [-0.1, -0.05) is 0 Å². The summed E-state index contributed by atoms with van der Waals surface area (Å²) in [4.78, 5) is 25.7. The minimum Gasteiger partial charge on any atom is -0.467 e. The Morgan fingerprint density at radius 1 is 1.35 bits per heavy atom. The molecule has 2 heterocycles. The van der Waals surface area contributed by atoms with Gasteiger partial charge >= 0.3 is 0 Å². The Balaban J connectivity index is 1.90. The number of halogens is 1. The van der Waals surface area contributed by atoms with Gasteiger partial charge < -0.3 is 23.8 Å². The molecule has 0 radical (unpaired) electrons. The Kier molecular flexibility index (Phi) is 6.42. The monoisotopic (exact) mass is 384 g/mol. The number of ether oxygens (including phenoxy) is 1. The summed E-state index contributed by atoms with van der Waals surface area (Å²) in [6.07, 6.45) is 1.55. The number of nitrogens with zero attached hydrogens (tertiary/aromatic N) is 1. The molecule has 1 N–H and O–H groups in total. The zero-order valence-corrected chi connectivity index (χ0v) is 14.2. The van der Waals surface area contributed by atoms with Crippen LogP contribution in [-0.4, -0.2) is 43.5 Å². The zero-order valence-electron chi connectivity index (χ0n) is 12.6. The average molecular weight is 385 g/mol. The first kappa shape index (κ1) is 17.3. The van der Waals surface area contributed by atoms with Crippen molar-refractivity contribution in [3.8, 4) is 0 Å². The molecule has 2 aromatic heterocycles. The van der Waals surface area contributed by atoms with Crippen molar-refractivity contribution in [2.24, 2.45) is 0 Å². The molecular formula is C15H17BrN2O5. The van der Waals surface area contributed by atoms with Crippen LogP contribution in [0.3, 0.4) is 0 Å². The number of carbonyl (C=O) groups excluding carboxylic acids is 2. The summed E-state index contributed by atoms with van der Waals surface area (Å²) in [7, 11) is 1.56. The first-order chi connectivity index (χ1) is 11.1. The Morgan fingerprint density at radius 2 is 2.17 bits per heavy atom. The van der Waals surface area contributed by atoms with Crippen LogP contribution in [-0.2, 0) is 16.1 Å². The summed E-state index contributed by atoms with van der Waals surface area (Å²) in [6, 6.07) is 6.67. The molecule has 8 heteroatoms. The van der Waals surface area contributed by atoms with Gasteiger partial charge in [0, 0.05) is 13.7 Å². The number of amides is 2. The molecule has 2 rings (SSSR count). The molecule has 0 saturated carbocycles. The van der Waals surface area contributed by atoms with Crippen LogP contribution in [0.2, 0.25) is 0 Å². The fourth-order valence-electron chi connectivity index (χ4n) is 1.88. The number of hydrogen-bond donors (Lipinski definition) is 1. The molecule has 0 spiro atoms. The molecule has 2 amide bonds. The molecule has 0 bridgehead atoms. The van der Waals surface area contributed by atoms with Gasteiger partial charge in [-0.25, -0.2) is 0 Å². The number of nitrogens with one attached hydrogen (secondary N) is 1. The quantitative estimate of drug-likeness (QED) is 0.752. The molecule has 0 aromatic carbocycles. The van der Waals surface area contributed by atoms with Gasteiger partial charge in [-0.05, 0) is 40.2 Å². The molecule has 0 unspecified atom stereocenters. The van der Waals surface area contributed by atoms with Gasteiger partial charge in [0.05, 0.1) is 26.0 Å². The highest BCUT2D eigenvalue weighted by Gasteiger charge is 2.17. The van der Waals surface area contributed by atoms with Crippen LogP contribution in [0, 0.1) is 0 Å². The van der Waals surface area contributed by atoms with E-state index in [1.807, 2.05) is 0 Å². The Labute approximate surface area is 141 Å². The van der Waals surface area contributed by atoms with Gasteiger partial charge in [0.1, 0.15) is 5.76 Å². The first-order valence-corrected chi connectivity index (χ1v) is 7.72. The van der Waals surface area contributed by atoms with Gasteiger partial charge in [-0.3, -0.25) is 9.59 Å². The van der Waals surface area contributed by atoms with E-state index in [2.05, 4.69) is 21.2 Å². The van der Waals surface area contributed by atoms with Crippen molar-refractivity contribution in [1.29, 1.82) is 0 Å². The summed E-state index contributed by atoms with van der Waals surface area (Å²) in [5.74, 6) is 0.112. The van der Waals surface area contributed by atoms with Gasteiger partial charge in [-0.2, -0.15) is 0 Å². The molecule has 0 fully saturated rings. The van der Waals surface area contributed by atoms with Crippen molar-refractivity contribution in [1.82, 2.24) is 10.2 Å². The molecule has 0 aliphatic carbocycles. The number of furan rings is 2. The molecule has 0 aliphatic rings. The standard InChI is InChI=1S/C15H17BrN2O5/c1-21-8-6-18(10-11-3-2-7-22-11)14(19)9-17-15(20)12-4-5-13(16)23-12/h2-5,7H,6,8-10H2,1H3,(H,17,20). The molecule has 23 heavy (non-hydrogen) atoms. The maximum absolute atomic E-state index is 12.3. The Morgan fingerprint density at radius 3 is 2.78 bits per heavy atom. The van der Waals surface area contributed by atoms with Crippen LogP contribution in [0.25, 0.3) is 0 Å². The smallest absolute Gasteiger partial charge is 0.287 e. The van der Waals surface area contributed by atoms with E-state index < -0.39 is 5.91 Å². The minimum absolute atomic E-state index is 0.137. The van der Waals surface area contributed by atoms with E-state index in [4.69, 9.17) is 13.6 Å². The fourth-order valence-corrected chi connectivity index (χ4v) is 2.18. The van der Waals surface area contributed by atoms with E-state index in [0.717, 1.165) is 0 Å². The maximum Gasteiger partial charge on any atom is 0.287 e. The second kappa shape index (κ2) is 8.54. The zero-order chi connectivity index (χ0) is 16.7. The van der Waals surface area contributed by atoms with Crippen LogP contribution >= 0.6 is 15.9 Å². The predicted molar refractivity (Wildman–Crippen MR) is 84.7 cm³/mol. The van der Waals surface area contributed by atoms with Crippen molar-refractivity contribution in [3.05, 3.63) is 46.7 Å². The summed E-state index contributed by atoms with van der Waals surface area (Å²) in [5.41, 5.74) is 0. The second-order valence-corrected chi connectivity index (χ2v) is 5.46. The van der Waals surface area contributed by atoms with Gasteiger partial charge in [0.25, 0.3) is 5.91 Å². The number of carbonyl (C=O) groups is 2. The molecule has 0 aliphatic heterocycles. The summed E-state index contributed by atoms with van der Waals surface area (Å²) >= 11 is 3.12. The van der Waals surface area contributed by atoms with Crippen LogP contribution in [0.15, 0.2) is 44.0 Å².